The monoisotopic (exact) mass is 331 g/mol. The molecule has 0 bridgehead atoms. The molecule has 1 unspecified atom stereocenters. The average molecular weight is 331 g/mol. The number of carbonyl (C=O) groups excluding carboxylic acids is 1. The van der Waals surface area contributed by atoms with Crippen molar-refractivity contribution in [1.82, 2.24) is 15.3 Å². The van der Waals surface area contributed by atoms with E-state index < -0.39 is 0 Å². The number of hydrogen-bond donors (Lipinski definition) is 2. The molecule has 1 aliphatic carbocycles. The van der Waals surface area contributed by atoms with Crippen molar-refractivity contribution in [1.29, 1.82) is 0 Å². The first kappa shape index (κ1) is 15.3. The molecule has 2 heterocycles. The maximum absolute atomic E-state index is 12.5. The van der Waals surface area contributed by atoms with Crippen molar-refractivity contribution < 1.29 is 4.79 Å². The lowest BCUT2D eigenvalue weighted by atomic mass is 10.1. The van der Waals surface area contributed by atoms with E-state index in [-0.39, 0.29) is 23.1 Å². The van der Waals surface area contributed by atoms with E-state index in [1.807, 2.05) is 30.3 Å². The van der Waals surface area contributed by atoms with E-state index in [1.165, 1.54) is 5.56 Å². The third-order valence-electron chi connectivity index (χ3n) is 4.50. The molecule has 124 valence electrons. The molecule has 0 spiro atoms. The fraction of sp³-hybridized carbons (Fsp3) is 0.150. The Morgan fingerprint density at radius 3 is 2.60 bits per heavy atom. The number of aromatic nitrogens is 2. The van der Waals surface area contributed by atoms with Crippen LogP contribution < -0.4 is 10.9 Å². The summed E-state index contributed by atoms with van der Waals surface area (Å²) < 4.78 is 0. The van der Waals surface area contributed by atoms with Crippen LogP contribution in [0.1, 0.15) is 28.3 Å². The number of amides is 1. The zero-order valence-electron chi connectivity index (χ0n) is 13.5. The predicted molar refractivity (Wildman–Crippen MR) is 95.3 cm³/mol. The molecule has 1 fully saturated rings. The van der Waals surface area contributed by atoms with Crippen molar-refractivity contribution in [3.05, 3.63) is 88.6 Å². The zero-order chi connectivity index (χ0) is 17.2. The van der Waals surface area contributed by atoms with Crippen LogP contribution in [-0.2, 0) is 0 Å². The van der Waals surface area contributed by atoms with Gasteiger partial charge in [-0.25, -0.2) is 0 Å². The van der Waals surface area contributed by atoms with Crippen molar-refractivity contribution in [2.45, 2.75) is 18.4 Å². The second kappa shape index (κ2) is 6.36. The molecule has 2 N–H and O–H groups in total. The fourth-order valence-electron chi connectivity index (χ4n) is 3.03. The van der Waals surface area contributed by atoms with Crippen LogP contribution in [0.4, 0.5) is 0 Å². The molecule has 0 aliphatic heterocycles. The van der Waals surface area contributed by atoms with Crippen molar-refractivity contribution in [2.24, 2.45) is 0 Å². The first-order chi connectivity index (χ1) is 12.2. The van der Waals surface area contributed by atoms with Crippen molar-refractivity contribution >= 4 is 5.91 Å². The number of nitrogens with one attached hydrogen (secondary N) is 2. The van der Waals surface area contributed by atoms with E-state index in [0.717, 1.165) is 17.5 Å². The van der Waals surface area contributed by atoms with E-state index in [4.69, 9.17) is 0 Å². The molecule has 0 saturated heterocycles. The van der Waals surface area contributed by atoms with Gasteiger partial charge in [0.05, 0.1) is 0 Å². The van der Waals surface area contributed by atoms with Crippen molar-refractivity contribution in [2.75, 3.05) is 0 Å². The summed E-state index contributed by atoms with van der Waals surface area (Å²) >= 11 is 0. The van der Waals surface area contributed by atoms with E-state index in [9.17, 15) is 9.59 Å². The molecule has 5 heteroatoms. The minimum Gasteiger partial charge on any atom is -0.348 e. The smallest absolute Gasteiger partial charge is 0.260 e. The summed E-state index contributed by atoms with van der Waals surface area (Å²) in [5.41, 5.74) is 2.64. The van der Waals surface area contributed by atoms with Gasteiger partial charge in [0.1, 0.15) is 5.56 Å². The lowest BCUT2D eigenvalue weighted by Gasteiger charge is -2.07. The lowest BCUT2D eigenvalue weighted by Crippen LogP contribution is -2.31. The van der Waals surface area contributed by atoms with E-state index >= 15 is 0 Å². The standard InChI is InChI=1S/C20H17N3O2/c24-19-17(10-15(12-22-19)13-6-8-21-9-7-13)20(25)23-18-11-16(18)14-4-2-1-3-5-14/h1-10,12,16,18H,11H2,(H,22,24)(H,23,25)/t16-,18?/m0/s1. The minimum absolute atomic E-state index is 0.0823. The second-order valence-corrected chi connectivity index (χ2v) is 6.20. The van der Waals surface area contributed by atoms with Gasteiger partial charge in [0.2, 0.25) is 0 Å². The zero-order valence-corrected chi connectivity index (χ0v) is 13.5. The largest absolute Gasteiger partial charge is 0.348 e. The molecule has 1 saturated carbocycles. The summed E-state index contributed by atoms with van der Waals surface area (Å²) in [5.74, 6) is -0.00630. The summed E-state index contributed by atoms with van der Waals surface area (Å²) in [5, 5.41) is 2.97. The number of H-pyrrole nitrogens is 1. The maximum atomic E-state index is 12.5. The third-order valence-corrected chi connectivity index (χ3v) is 4.50. The number of nitrogens with zero attached hydrogens (tertiary/aromatic N) is 1. The average Bonchev–Trinajstić information content (AvgIpc) is 3.42. The Labute approximate surface area is 144 Å². The first-order valence-corrected chi connectivity index (χ1v) is 8.21. The van der Waals surface area contributed by atoms with Gasteiger partial charge in [-0.1, -0.05) is 30.3 Å². The van der Waals surface area contributed by atoms with E-state index in [0.29, 0.717) is 5.92 Å². The Morgan fingerprint density at radius 1 is 1.08 bits per heavy atom. The Kier molecular flexibility index (Phi) is 3.90. The molecular formula is C20H17N3O2. The molecule has 4 rings (SSSR count). The molecule has 25 heavy (non-hydrogen) atoms. The highest BCUT2D eigenvalue weighted by Gasteiger charge is 2.39. The fourth-order valence-corrected chi connectivity index (χ4v) is 3.03. The van der Waals surface area contributed by atoms with E-state index in [1.54, 1.807) is 24.7 Å². The number of aromatic amines is 1. The van der Waals surface area contributed by atoms with Gasteiger partial charge in [-0.05, 0) is 41.3 Å². The Balaban J connectivity index is 1.52. The normalized spacial score (nSPS) is 18.6. The number of hydrogen-bond acceptors (Lipinski definition) is 3. The molecule has 5 nitrogen and oxygen atoms in total. The highest BCUT2D eigenvalue weighted by Crippen LogP contribution is 2.40. The summed E-state index contributed by atoms with van der Waals surface area (Å²) in [7, 11) is 0. The van der Waals surface area contributed by atoms with Crippen LogP contribution in [0, 0.1) is 0 Å². The van der Waals surface area contributed by atoms with Crippen LogP contribution in [0.15, 0.2) is 71.9 Å². The highest BCUT2D eigenvalue weighted by atomic mass is 16.2. The summed E-state index contributed by atoms with van der Waals surface area (Å²) in [4.78, 5) is 31.2. The molecule has 1 aliphatic rings. The summed E-state index contributed by atoms with van der Waals surface area (Å²) in [6.45, 7) is 0. The molecule has 1 amide bonds. The van der Waals surface area contributed by atoms with Crippen molar-refractivity contribution in [3.8, 4) is 11.1 Å². The molecule has 2 atom stereocenters. The van der Waals surface area contributed by atoms with Crippen molar-refractivity contribution in [3.63, 3.8) is 0 Å². The summed E-state index contributed by atoms with van der Waals surface area (Å²) in [6, 6.07) is 15.5. The lowest BCUT2D eigenvalue weighted by molar-refractivity contribution is 0.0949. The van der Waals surface area contributed by atoms with Gasteiger partial charge < -0.3 is 10.3 Å². The SMILES string of the molecule is O=C(NC1C[C@H]1c1ccccc1)c1cc(-c2ccncc2)c[nH]c1=O. The molecular weight excluding hydrogens is 314 g/mol. The predicted octanol–water partition coefficient (Wildman–Crippen LogP) is 2.72. The van der Waals surface area contributed by atoms with Crippen LogP contribution in [0.25, 0.3) is 11.1 Å². The third kappa shape index (κ3) is 3.21. The van der Waals surface area contributed by atoms with Gasteiger partial charge in [-0.15, -0.1) is 0 Å². The van der Waals surface area contributed by atoms with Gasteiger partial charge in [-0.3, -0.25) is 14.6 Å². The quantitative estimate of drug-likeness (QED) is 0.772. The second-order valence-electron chi connectivity index (χ2n) is 6.20. The molecule has 0 radical (unpaired) electrons. The molecule has 1 aromatic carbocycles. The highest BCUT2D eigenvalue weighted by molar-refractivity contribution is 5.95. The number of pyridine rings is 2. The molecule has 3 aromatic rings. The Hall–Kier alpha value is -3.21. The number of carbonyl (C=O) groups is 1. The van der Waals surface area contributed by atoms with Crippen LogP contribution >= 0.6 is 0 Å². The van der Waals surface area contributed by atoms with Gasteiger partial charge in [0.15, 0.2) is 0 Å². The van der Waals surface area contributed by atoms with Crippen LogP contribution in [0.2, 0.25) is 0 Å². The Morgan fingerprint density at radius 2 is 1.84 bits per heavy atom. The molecule has 2 aromatic heterocycles. The van der Waals surface area contributed by atoms with Gasteiger partial charge in [0.25, 0.3) is 11.5 Å². The van der Waals surface area contributed by atoms with Crippen LogP contribution in [-0.4, -0.2) is 21.9 Å². The minimum atomic E-state index is -0.382. The number of benzene rings is 1. The number of rotatable bonds is 4. The van der Waals surface area contributed by atoms with Gasteiger partial charge in [-0.2, -0.15) is 0 Å². The summed E-state index contributed by atoms with van der Waals surface area (Å²) in [6.07, 6.45) is 5.86. The van der Waals surface area contributed by atoms with Gasteiger partial charge >= 0.3 is 0 Å². The maximum Gasteiger partial charge on any atom is 0.260 e. The van der Waals surface area contributed by atoms with Crippen LogP contribution in [0.3, 0.4) is 0 Å². The Bertz CT molecular complexity index is 951. The van der Waals surface area contributed by atoms with Gasteiger partial charge in [0, 0.05) is 30.6 Å². The topological polar surface area (TPSA) is 74.8 Å². The van der Waals surface area contributed by atoms with E-state index in [2.05, 4.69) is 27.4 Å². The van der Waals surface area contributed by atoms with Crippen LogP contribution in [0.5, 0.6) is 0 Å². The first-order valence-electron chi connectivity index (χ1n) is 8.21.